The minimum Gasteiger partial charge on any atom is -0.490 e. The average Bonchev–Trinajstić information content (AvgIpc) is 3.72. The van der Waals surface area contributed by atoms with Crippen molar-refractivity contribution in [2.24, 2.45) is 12.5 Å². The van der Waals surface area contributed by atoms with Crippen molar-refractivity contribution in [3.63, 3.8) is 0 Å². The van der Waals surface area contributed by atoms with Gasteiger partial charge < -0.3 is 19.4 Å². The number of rotatable bonds is 9. The number of benzene rings is 2. The lowest BCUT2D eigenvalue weighted by molar-refractivity contribution is -0.126. The summed E-state index contributed by atoms with van der Waals surface area (Å²) >= 11 is 0. The van der Waals surface area contributed by atoms with Gasteiger partial charge in [0.05, 0.1) is 16.8 Å². The van der Waals surface area contributed by atoms with Crippen molar-refractivity contribution < 1.29 is 22.7 Å². The Balaban J connectivity index is 1.48. The van der Waals surface area contributed by atoms with Crippen LogP contribution in [0.4, 0.5) is 0 Å². The van der Waals surface area contributed by atoms with Crippen molar-refractivity contribution in [3.8, 4) is 28.4 Å². The van der Waals surface area contributed by atoms with E-state index in [1.807, 2.05) is 39.0 Å². The van der Waals surface area contributed by atoms with Crippen LogP contribution in [0, 0.1) is 19.3 Å². The molecular weight excluding hydrogens is 552 g/mol. The molecule has 0 spiro atoms. The van der Waals surface area contributed by atoms with Gasteiger partial charge in [0.25, 0.3) is 5.56 Å². The van der Waals surface area contributed by atoms with E-state index in [0.717, 1.165) is 49.7 Å². The lowest BCUT2D eigenvalue weighted by atomic mass is 9.92. The molecule has 2 aromatic carbocycles. The number of aromatic nitrogens is 1. The van der Waals surface area contributed by atoms with Crippen molar-refractivity contribution >= 4 is 15.7 Å². The Morgan fingerprint density at radius 2 is 1.67 bits per heavy atom. The van der Waals surface area contributed by atoms with Crippen LogP contribution in [0.2, 0.25) is 0 Å². The average molecular weight is 593 g/mol. The SMILES string of the molecule is CCS(=O)(=O)c1ccc(Oc2c(C)cccc2C)c(-c2cn(C)c(=O)cc2O[C@H]2CC[C@H](NC(=O)C3(C)CC3)CC2)c1. The summed E-state index contributed by atoms with van der Waals surface area (Å²) in [5, 5.41) is 3.20. The summed E-state index contributed by atoms with van der Waals surface area (Å²) in [5.41, 5.74) is 2.55. The molecular formula is C33H40N2O6S. The van der Waals surface area contributed by atoms with Gasteiger partial charge in [0.2, 0.25) is 5.91 Å². The second kappa shape index (κ2) is 11.6. The molecule has 8 nitrogen and oxygen atoms in total. The van der Waals surface area contributed by atoms with E-state index >= 15 is 0 Å². The Labute approximate surface area is 248 Å². The van der Waals surface area contributed by atoms with Crippen molar-refractivity contribution in [2.45, 2.75) is 83.3 Å². The second-order valence-electron chi connectivity index (χ2n) is 12.0. The highest BCUT2D eigenvalue weighted by molar-refractivity contribution is 7.91. The Hall–Kier alpha value is -3.59. The number of para-hydroxylation sites is 1. The van der Waals surface area contributed by atoms with Crippen LogP contribution < -0.4 is 20.3 Å². The van der Waals surface area contributed by atoms with Gasteiger partial charge in [-0.1, -0.05) is 32.0 Å². The molecule has 5 rings (SSSR count). The fourth-order valence-corrected chi connectivity index (χ4v) is 6.34. The number of carbonyl (C=O) groups excluding carboxylic acids is 1. The highest BCUT2D eigenvalue weighted by atomic mass is 32.2. The van der Waals surface area contributed by atoms with Gasteiger partial charge in [-0.2, -0.15) is 0 Å². The highest BCUT2D eigenvalue weighted by Crippen LogP contribution is 2.45. The molecule has 0 radical (unpaired) electrons. The molecule has 224 valence electrons. The molecule has 0 atom stereocenters. The summed E-state index contributed by atoms with van der Waals surface area (Å²) in [4.78, 5) is 25.5. The third-order valence-corrected chi connectivity index (χ3v) is 10.4. The molecule has 0 unspecified atom stereocenters. The van der Waals surface area contributed by atoms with E-state index in [9.17, 15) is 18.0 Å². The molecule has 0 aliphatic heterocycles. The van der Waals surface area contributed by atoms with Crippen molar-refractivity contribution in [2.75, 3.05) is 5.75 Å². The highest BCUT2D eigenvalue weighted by Gasteiger charge is 2.45. The third kappa shape index (κ3) is 6.26. The summed E-state index contributed by atoms with van der Waals surface area (Å²) in [6, 6.07) is 12.3. The van der Waals surface area contributed by atoms with Gasteiger partial charge in [0.15, 0.2) is 9.84 Å². The predicted octanol–water partition coefficient (Wildman–Crippen LogP) is 5.86. The van der Waals surface area contributed by atoms with E-state index in [4.69, 9.17) is 9.47 Å². The number of nitrogens with one attached hydrogen (secondary N) is 1. The Morgan fingerprint density at radius 3 is 2.29 bits per heavy atom. The van der Waals surface area contributed by atoms with Gasteiger partial charge in [-0.15, -0.1) is 0 Å². The molecule has 0 saturated heterocycles. The standard InChI is InChI=1S/C33H40N2O6S/c1-6-42(38,39)25-14-15-28(41-31-21(2)8-7-9-22(31)3)26(18-25)27-20-35(5)30(36)19-29(27)40-24-12-10-23(11-13-24)34-32(37)33(4)16-17-33/h7-9,14-15,18-20,23-24H,6,10-13,16-17H2,1-5H3,(H,34,37)/t23-,24-. The molecule has 1 amide bonds. The lowest BCUT2D eigenvalue weighted by Gasteiger charge is -2.31. The number of carbonyl (C=O) groups is 1. The van der Waals surface area contributed by atoms with E-state index < -0.39 is 9.84 Å². The van der Waals surface area contributed by atoms with Gasteiger partial charge in [-0.05, 0) is 81.7 Å². The number of amides is 1. The molecule has 42 heavy (non-hydrogen) atoms. The third-order valence-electron chi connectivity index (χ3n) is 8.64. The number of pyridine rings is 1. The minimum absolute atomic E-state index is 0.0426. The summed E-state index contributed by atoms with van der Waals surface area (Å²) < 4.78 is 40.2. The maximum Gasteiger partial charge on any atom is 0.254 e. The number of hydrogen-bond donors (Lipinski definition) is 1. The predicted molar refractivity (Wildman–Crippen MR) is 163 cm³/mol. The van der Waals surface area contributed by atoms with Crippen LogP contribution in [0.25, 0.3) is 11.1 Å². The zero-order valence-corrected chi connectivity index (χ0v) is 25.8. The topological polar surface area (TPSA) is 104 Å². The molecule has 1 N–H and O–H groups in total. The number of ether oxygens (including phenoxy) is 2. The van der Waals surface area contributed by atoms with Crippen LogP contribution in [-0.4, -0.2) is 36.8 Å². The molecule has 2 aliphatic carbocycles. The summed E-state index contributed by atoms with van der Waals surface area (Å²) in [6.45, 7) is 7.54. The van der Waals surface area contributed by atoms with Crippen molar-refractivity contribution in [1.82, 2.24) is 9.88 Å². The second-order valence-corrected chi connectivity index (χ2v) is 14.3. The van der Waals surface area contributed by atoms with Gasteiger partial charge in [0, 0.05) is 41.9 Å². The lowest BCUT2D eigenvalue weighted by Crippen LogP contribution is -2.42. The fraction of sp³-hybridized carbons (Fsp3) is 0.455. The van der Waals surface area contributed by atoms with Crippen LogP contribution in [0.15, 0.2) is 58.4 Å². The Kier molecular flexibility index (Phi) is 8.25. The molecule has 9 heteroatoms. The molecule has 2 fully saturated rings. The monoisotopic (exact) mass is 592 g/mol. The van der Waals surface area contributed by atoms with Gasteiger partial charge in [0.1, 0.15) is 17.2 Å². The first-order valence-electron chi connectivity index (χ1n) is 14.7. The first-order valence-corrected chi connectivity index (χ1v) is 16.3. The number of nitrogens with zero attached hydrogens (tertiary/aromatic N) is 1. The fourth-order valence-electron chi connectivity index (χ4n) is 5.43. The normalized spacial score (nSPS) is 19.6. The largest absolute Gasteiger partial charge is 0.490 e. The zero-order valence-electron chi connectivity index (χ0n) is 25.0. The van der Waals surface area contributed by atoms with Gasteiger partial charge in [-0.3, -0.25) is 9.59 Å². The summed E-state index contributed by atoms with van der Waals surface area (Å²) in [5.74, 6) is 1.63. The molecule has 2 aliphatic rings. The van der Waals surface area contributed by atoms with Crippen LogP contribution >= 0.6 is 0 Å². The van der Waals surface area contributed by atoms with Crippen molar-refractivity contribution in [1.29, 1.82) is 0 Å². The smallest absolute Gasteiger partial charge is 0.254 e. The van der Waals surface area contributed by atoms with Crippen LogP contribution in [0.5, 0.6) is 17.2 Å². The van der Waals surface area contributed by atoms with E-state index in [1.54, 1.807) is 38.4 Å². The van der Waals surface area contributed by atoms with Crippen LogP contribution in [-0.2, 0) is 21.7 Å². The van der Waals surface area contributed by atoms with E-state index in [1.165, 1.54) is 10.6 Å². The first kappa shape index (κ1) is 29.9. The molecule has 3 aromatic rings. The van der Waals surface area contributed by atoms with E-state index in [-0.39, 0.29) is 39.7 Å². The minimum atomic E-state index is -3.51. The molecule has 1 aromatic heterocycles. The quantitative estimate of drug-likeness (QED) is 0.334. The number of aryl methyl sites for hydroxylation is 3. The van der Waals surface area contributed by atoms with Gasteiger partial charge in [-0.25, -0.2) is 8.42 Å². The van der Waals surface area contributed by atoms with E-state index in [2.05, 4.69) is 5.32 Å². The van der Waals surface area contributed by atoms with Gasteiger partial charge >= 0.3 is 0 Å². The maximum absolute atomic E-state index is 12.9. The molecule has 1 heterocycles. The summed E-state index contributed by atoms with van der Waals surface area (Å²) in [7, 11) is -1.86. The number of sulfone groups is 1. The maximum atomic E-state index is 12.9. The summed E-state index contributed by atoms with van der Waals surface area (Å²) in [6.07, 6.45) is 6.45. The Morgan fingerprint density at radius 1 is 1.00 bits per heavy atom. The van der Waals surface area contributed by atoms with Crippen LogP contribution in [0.3, 0.4) is 0 Å². The van der Waals surface area contributed by atoms with E-state index in [0.29, 0.717) is 28.4 Å². The van der Waals surface area contributed by atoms with Crippen molar-refractivity contribution in [3.05, 3.63) is 70.1 Å². The first-order chi connectivity index (χ1) is 19.9. The van der Waals surface area contributed by atoms with Crippen LogP contribution in [0.1, 0.15) is 63.5 Å². The number of hydrogen-bond acceptors (Lipinski definition) is 6. The Bertz CT molecular complexity index is 1640. The molecule has 2 saturated carbocycles. The molecule has 0 bridgehead atoms. The zero-order chi connectivity index (χ0) is 30.2.